The van der Waals surface area contributed by atoms with Gasteiger partial charge in [-0.05, 0) is 75.5 Å². The average molecular weight is 371 g/mol. The van der Waals surface area contributed by atoms with E-state index >= 15 is 0 Å². The molecule has 4 unspecified atom stereocenters. The summed E-state index contributed by atoms with van der Waals surface area (Å²) in [5, 5.41) is 6.97. The first-order valence-electron chi connectivity index (χ1n) is 10.7. The molecule has 0 amide bonds. The number of hydrogen-bond donors (Lipinski definition) is 2. The van der Waals surface area contributed by atoms with Crippen LogP contribution in [0.3, 0.4) is 0 Å². The van der Waals surface area contributed by atoms with E-state index in [9.17, 15) is 0 Å². The lowest BCUT2D eigenvalue weighted by Gasteiger charge is -2.35. The van der Waals surface area contributed by atoms with Crippen molar-refractivity contribution in [1.29, 1.82) is 0 Å². The van der Waals surface area contributed by atoms with Gasteiger partial charge in [0.05, 0.1) is 0 Å². The van der Waals surface area contributed by atoms with Gasteiger partial charge in [-0.15, -0.1) is 0 Å². The normalized spacial score (nSPS) is 34.3. The molecular formula is C20H42N2O2Si. The highest BCUT2D eigenvalue weighted by Crippen LogP contribution is 2.34. The second kappa shape index (κ2) is 13.3. The lowest BCUT2D eigenvalue weighted by molar-refractivity contribution is 0.185. The zero-order valence-corrected chi connectivity index (χ0v) is 18.1. The molecule has 148 valence electrons. The smallest absolute Gasteiger partial charge is 0.303 e. The Bertz CT molecular complexity index is 251. The average Bonchev–Trinajstić information content (AvgIpc) is 2.70. The van der Waals surface area contributed by atoms with Crippen LogP contribution < -0.4 is 10.6 Å². The van der Waals surface area contributed by atoms with E-state index in [1.165, 1.54) is 90.4 Å². The predicted octanol–water partition coefficient (Wildman–Crippen LogP) is 2.85. The van der Waals surface area contributed by atoms with E-state index in [1.54, 1.807) is 14.2 Å². The van der Waals surface area contributed by atoms with Gasteiger partial charge in [-0.25, -0.2) is 0 Å². The summed E-state index contributed by atoms with van der Waals surface area (Å²) in [5.41, 5.74) is 0. The van der Waals surface area contributed by atoms with Crippen LogP contribution in [0, 0.1) is 23.7 Å². The van der Waals surface area contributed by atoms with Crippen LogP contribution in [0.25, 0.3) is 0 Å². The quantitative estimate of drug-likeness (QED) is 0.734. The Balaban J connectivity index is 0.000000144. The summed E-state index contributed by atoms with van der Waals surface area (Å²) < 4.78 is 9.22. The van der Waals surface area contributed by atoms with E-state index in [0.717, 1.165) is 23.7 Å². The van der Waals surface area contributed by atoms with Crippen molar-refractivity contribution in [2.24, 2.45) is 23.7 Å². The lowest BCUT2D eigenvalue weighted by atomic mass is 9.76. The molecule has 0 spiro atoms. The van der Waals surface area contributed by atoms with Crippen molar-refractivity contribution in [2.45, 2.75) is 64.2 Å². The SMILES string of the molecule is C1CCC2CNCCC2C1.C1CCC2CNCCC2C1.CO[SiH2]OC. The maximum absolute atomic E-state index is 4.61. The summed E-state index contributed by atoms with van der Waals surface area (Å²) in [4.78, 5) is 0. The van der Waals surface area contributed by atoms with Gasteiger partial charge in [0.15, 0.2) is 0 Å². The summed E-state index contributed by atoms with van der Waals surface area (Å²) in [7, 11) is 2.73. The van der Waals surface area contributed by atoms with Crippen LogP contribution in [0.5, 0.6) is 0 Å². The third kappa shape index (κ3) is 8.08. The minimum atomic E-state index is -0.568. The molecule has 2 aliphatic heterocycles. The lowest BCUT2D eigenvalue weighted by Crippen LogP contribution is -2.38. The highest BCUT2D eigenvalue weighted by Gasteiger charge is 2.27. The van der Waals surface area contributed by atoms with Gasteiger partial charge in [0, 0.05) is 14.2 Å². The van der Waals surface area contributed by atoms with Crippen LogP contribution in [0.1, 0.15) is 64.2 Å². The third-order valence-electron chi connectivity index (χ3n) is 6.57. The Hall–Kier alpha value is 0.0569. The summed E-state index contributed by atoms with van der Waals surface area (Å²) >= 11 is 0. The standard InChI is InChI=1S/2C9H17N.C2H8O2Si/c2*1-2-4-9-7-10-6-5-8(9)3-1;1-3-5-4-2/h2*8-10H,1-7H2;5H2,1-2H3. The number of hydrogen-bond acceptors (Lipinski definition) is 4. The van der Waals surface area contributed by atoms with E-state index in [1.807, 2.05) is 0 Å². The predicted molar refractivity (Wildman–Crippen MR) is 108 cm³/mol. The van der Waals surface area contributed by atoms with Gasteiger partial charge in [-0.2, -0.15) is 0 Å². The van der Waals surface area contributed by atoms with Crippen molar-refractivity contribution in [2.75, 3.05) is 40.4 Å². The molecule has 0 aromatic heterocycles. The van der Waals surface area contributed by atoms with Crippen LogP contribution in [0.2, 0.25) is 0 Å². The molecule has 4 aliphatic rings. The first-order chi connectivity index (χ1) is 12.3. The van der Waals surface area contributed by atoms with Gasteiger partial charge in [0.2, 0.25) is 0 Å². The summed E-state index contributed by atoms with van der Waals surface area (Å²) in [6.07, 6.45) is 14.9. The van der Waals surface area contributed by atoms with E-state index < -0.39 is 10.0 Å². The molecule has 25 heavy (non-hydrogen) atoms. The highest BCUT2D eigenvalue weighted by molar-refractivity contribution is 6.17. The first kappa shape index (κ1) is 21.4. The van der Waals surface area contributed by atoms with Crippen LogP contribution in [0.4, 0.5) is 0 Å². The summed E-state index contributed by atoms with van der Waals surface area (Å²) in [6.45, 7) is 5.18. The van der Waals surface area contributed by atoms with Crippen molar-refractivity contribution in [3.05, 3.63) is 0 Å². The van der Waals surface area contributed by atoms with Gasteiger partial charge in [-0.3, -0.25) is 0 Å². The second-order valence-corrected chi connectivity index (χ2v) is 9.68. The molecule has 2 saturated carbocycles. The Kier molecular flexibility index (Phi) is 11.3. The van der Waals surface area contributed by atoms with E-state index in [0.29, 0.717) is 0 Å². The first-order valence-corrected chi connectivity index (χ1v) is 11.9. The van der Waals surface area contributed by atoms with Crippen LogP contribution >= 0.6 is 0 Å². The van der Waals surface area contributed by atoms with E-state index in [2.05, 4.69) is 19.5 Å². The van der Waals surface area contributed by atoms with E-state index in [4.69, 9.17) is 0 Å². The maximum atomic E-state index is 4.61. The Morgan fingerprint density at radius 2 is 1.00 bits per heavy atom. The zero-order chi connectivity index (χ0) is 17.7. The van der Waals surface area contributed by atoms with Gasteiger partial charge in [-0.1, -0.05) is 38.5 Å². The molecule has 2 saturated heterocycles. The molecule has 0 aromatic rings. The molecule has 4 fully saturated rings. The topological polar surface area (TPSA) is 42.5 Å². The third-order valence-corrected chi connectivity index (χ3v) is 7.04. The van der Waals surface area contributed by atoms with Crippen LogP contribution in [0.15, 0.2) is 0 Å². The molecule has 0 bridgehead atoms. The molecule has 2 aliphatic carbocycles. The molecule has 4 atom stereocenters. The van der Waals surface area contributed by atoms with Crippen molar-refractivity contribution in [3.8, 4) is 0 Å². The van der Waals surface area contributed by atoms with Crippen LogP contribution in [-0.2, 0) is 8.85 Å². The maximum Gasteiger partial charge on any atom is 0.303 e. The fourth-order valence-corrected chi connectivity index (χ4v) is 5.37. The molecule has 4 nitrogen and oxygen atoms in total. The Labute approximate surface area is 158 Å². The fraction of sp³-hybridized carbons (Fsp3) is 1.00. The summed E-state index contributed by atoms with van der Waals surface area (Å²) in [6, 6.07) is 0. The van der Waals surface area contributed by atoms with E-state index in [-0.39, 0.29) is 0 Å². The number of fused-ring (bicyclic) bond motifs is 2. The van der Waals surface area contributed by atoms with Gasteiger partial charge >= 0.3 is 10.0 Å². The molecule has 5 heteroatoms. The minimum absolute atomic E-state index is 0.568. The largest absolute Gasteiger partial charge is 0.402 e. The molecule has 2 N–H and O–H groups in total. The Morgan fingerprint density at radius 1 is 0.600 bits per heavy atom. The van der Waals surface area contributed by atoms with Crippen molar-refractivity contribution in [1.82, 2.24) is 10.6 Å². The number of rotatable bonds is 2. The van der Waals surface area contributed by atoms with Crippen molar-refractivity contribution in [3.63, 3.8) is 0 Å². The molecule has 4 rings (SSSR count). The summed E-state index contributed by atoms with van der Waals surface area (Å²) in [5.74, 6) is 4.27. The Morgan fingerprint density at radius 3 is 1.32 bits per heavy atom. The van der Waals surface area contributed by atoms with Crippen LogP contribution in [-0.4, -0.2) is 50.4 Å². The number of piperidine rings is 2. The van der Waals surface area contributed by atoms with Crippen molar-refractivity contribution < 1.29 is 8.85 Å². The fourth-order valence-electron chi connectivity index (χ4n) is 5.13. The second-order valence-electron chi connectivity index (χ2n) is 8.29. The van der Waals surface area contributed by atoms with Gasteiger partial charge in [0.1, 0.15) is 0 Å². The minimum Gasteiger partial charge on any atom is -0.402 e. The van der Waals surface area contributed by atoms with Gasteiger partial charge in [0.25, 0.3) is 0 Å². The van der Waals surface area contributed by atoms with Gasteiger partial charge < -0.3 is 19.5 Å². The monoisotopic (exact) mass is 370 g/mol. The zero-order valence-electron chi connectivity index (χ0n) is 16.7. The number of nitrogens with one attached hydrogen (secondary N) is 2. The van der Waals surface area contributed by atoms with Crippen molar-refractivity contribution >= 4 is 10.0 Å². The highest BCUT2D eigenvalue weighted by atomic mass is 28.3. The molecular weight excluding hydrogens is 328 g/mol. The molecule has 0 radical (unpaired) electrons. The molecule has 0 aromatic carbocycles. The molecule has 2 heterocycles.